The van der Waals surface area contributed by atoms with Crippen LogP contribution in [-0.4, -0.2) is 26.8 Å². The Morgan fingerprint density at radius 3 is 2.56 bits per heavy atom. The van der Waals surface area contributed by atoms with Crippen molar-refractivity contribution in [2.75, 3.05) is 26.8 Å². The van der Waals surface area contributed by atoms with Crippen LogP contribution in [0.25, 0.3) is 0 Å². The molecule has 3 heteroatoms. The van der Waals surface area contributed by atoms with E-state index in [4.69, 9.17) is 4.74 Å². The van der Waals surface area contributed by atoms with E-state index < -0.39 is 0 Å². The first-order valence-electron chi connectivity index (χ1n) is 5.75. The van der Waals surface area contributed by atoms with Crippen LogP contribution in [0.1, 0.15) is 24.8 Å². The number of nitrogens with one attached hydrogen (secondary N) is 1. The predicted octanol–water partition coefficient (Wildman–Crippen LogP) is 2.56. The van der Waals surface area contributed by atoms with Gasteiger partial charge in [0.15, 0.2) is 0 Å². The van der Waals surface area contributed by atoms with E-state index in [9.17, 15) is 4.39 Å². The van der Waals surface area contributed by atoms with Gasteiger partial charge in [0, 0.05) is 19.8 Å². The van der Waals surface area contributed by atoms with Gasteiger partial charge in [0.25, 0.3) is 0 Å². The van der Waals surface area contributed by atoms with Gasteiger partial charge in [-0.25, -0.2) is 4.39 Å². The summed E-state index contributed by atoms with van der Waals surface area (Å²) < 4.78 is 18.2. The first-order chi connectivity index (χ1) is 7.77. The third kappa shape index (κ3) is 4.29. The third-order valence-electron chi connectivity index (χ3n) is 2.61. The first-order valence-corrected chi connectivity index (χ1v) is 5.75. The highest BCUT2D eigenvalue weighted by Gasteiger charge is 2.10. The van der Waals surface area contributed by atoms with Crippen LogP contribution in [0.3, 0.4) is 0 Å². The lowest BCUT2D eigenvalue weighted by Crippen LogP contribution is -2.18. The molecule has 1 rings (SSSR count). The Morgan fingerprint density at radius 2 is 2.00 bits per heavy atom. The summed E-state index contributed by atoms with van der Waals surface area (Å²) in [5, 5.41) is 3.16. The summed E-state index contributed by atoms with van der Waals surface area (Å²) in [6.07, 6.45) is 0.959. The summed E-state index contributed by atoms with van der Waals surface area (Å²) in [4.78, 5) is 0. The molecule has 1 unspecified atom stereocenters. The predicted molar refractivity (Wildman–Crippen MR) is 64.2 cm³/mol. The molecule has 1 atom stereocenters. The standard InChI is InChI=1S/C13H20FNO/c1-3-16-9-8-12(10-15-2)11-4-6-13(14)7-5-11/h4-7,12,15H,3,8-10H2,1-2H3. The van der Waals surface area contributed by atoms with Gasteiger partial charge in [-0.15, -0.1) is 0 Å². The number of rotatable bonds is 7. The lowest BCUT2D eigenvalue weighted by Gasteiger charge is -2.16. The van der Waals surface area contributed by atoms with Gasteiger partial charge in [-0.2, -0.15) is 0 Å². The van der Waals surface area contributed by atoms with Crippen molar-refractivity contribution in [1.82, 2.24) is 5.32 Å². The minimum Gasteiger partial charge on any atom is -0.382 e. The van der Waals surface area contributed by atoms with Gasteiger partial charge < -0.3 is 10.1 Å². The van der Waals surface area contributed by atoms with Crippen molar-refractivity contribution in [3.8, 4) is 0 Å². The fraction of sp³-hybridized carbons (Fsp3) is 0.538. The zero-order valence-corrected chi connectivity index (χ0v) is 10.0. The molecule has 2 nitrogen and oxygen atoms in total. The second kappa shape index (κ2) is 7.36. The molecule has 16 heavy (non-hydrogen) atoms. The maximum atomic E-state index is 12.8. The van der Waals surface area contributed by atoms with Gasteiger partial charge in [-0.3, -0.25) is 0 Å². The van der Waals surface area contributed by atoms with Gasteiger partial charge in [0.05, 0.1) is 0 Å². The monoisotopic (exact) mass is 225 g/mol. The van der Waals surface area contributed by atoms with Crippen molar-refractivity contribution < 1.29 is 9.13 Å². The molecule has 0 aliphatic carbocycles. The molecule has 90 valence electrons. The summed E-state index contributed by atoms with van der Waals surface area (Å²) in [5.74, 6) is 0.203. The van der Waals surface area contributed by atoms with Crippen molar-refractivity contribution in [3.63, 3.8) is 0 Å². The second-order valence-electron chi connectivity index (χ2n) is 3.79. The molecular weight excluding hydrogens is 205 g/mol. The average molecular weight is 225 g/mol. The molecule has 1 aromatic carbocycles. The Hall–Kier alpha value is -0.930. The van der Waals surface area contributed by atoms with Crippen LogP contribution >= 0.6 is 0 Å². The smallest absolute Gasteiger partial charge is 0.123 e. The highest BCUT2D eigenvalue weighted by atomic mass is 19.1. The molecule has 0 fully saturated rings. The van der Waals surface area contributed by atoms with Crippen molar-refractivity contribution in [1.29, 1.82) is 0 Å². The maximum absolute atomic E-state index is 12.8. The van der Waals surface area contributed by atoms with E-state index in [1.165, 1.54) is 12.1 Å². The molecule has 0 aliphatic heterocycles. The SMILES string of the molecule is CCOCCC(CNC)c1ccc(F)cc1. The van der Waals surface area contributed by atoms with Crippen LogP contribution in [0.5, 0.6) is 0 Å². The molecule has 0 aliphatic rings. The average Bonchev–Trinajstić information content (AvgIpc) is 2.29. The number of hydrogen-bond acceptors (Lipinski definition) is 2. The number of halogens is 1. The van der Waals surface area contributed by atoms with Gasteiger partial charge in [0.1, 0.15) is 5.82 Å². The minimum absolute atomic E-state index is 0.184. The summed E-state index contributed by atoms with van der Waals surface area (Å²) in [6, 6.07) is 6.73. The van der Waals surface area contributed by atoms with Crippen LogP contribution in [0, 0.1) is 5.82 Å². The van der Waals surface area contributed by atoms with Crippen molar-refractivity contribution in [3.05, 3.63) is 35.6 Å². The van der Waals surface area contributed by atoms with E-state index >= 15 is 0 Å². The highest BCUT2D eigenvalue weighted by Crippen LogP contribution is 2.19. The molecule has 0 bridgehead atoms. The first kappa shape index (κ1) is 13.1. The molecule has 1 N–H and O–H groups in total. The Labute approximate surface area is 96.8 Å². The number of likely N-dealkylation sites (N-methyl/N-ethyl adjacent to an activating group) is 1. The molecule has 0 heterocycles. The minimum atomic E-state index is -0.184. The number of ether oxygens (including phenoxy) is 1. The van der Waals surface area contributed by atoms with Crippen LogP contribution in [0.4, 0.5) is 4.39 Å². The van der Waals surface area contributed by atoms with Gasteiger partial charge in [-0.05, 0) is 44.0 Å². The Kier molecular flexibility index (Phi) is 6.04. The van der Waals surface area contributed by atoms with Crippen molar-refractivity contribution in [2.45, 2.75) is 19.3 Å². The van der Waals surface area contributed by atoms with Crippen molar-refractivity contribution in [2.24, 2.45) is 0 Å². The van der Waals surface area contributed by atoms with Crippen LogP contribution < -0.4 is 5.32 Å². The second-order valence-corrected chi connectivity index (χ2v) is 3.79. The highest BCUT2D eigenvalue weighted by molar-refractivity contribution is 5.20. The molecule has 1 aromatic rings. The van der Waals surface area contributed by atoms with E-state index in [1.807, 2.05) is 26.1 Å². The van der Waals surface area contributed by atoms with E-state index in [0.29, 0.717) is 5.92 Å². The maximum Gasteiger partial charge on any atom is 0.123 e. The molecule has 0 saturated heterocycles. The lowest BCUT2D eigenvalue weighted by molar-refractivity contribution is 0.139. The summed E-state index contributed by atoms with van der Waals surface area (Å²) in [5.41, 5.74) is 1.16. The summed E-state index contributed by atoms with van der Waals surface area (Å²) in [7, 11) is 1.93. The third-order valence-corrected chi connectivity index (χ3v) is 2.61. The van der Waals surface area contributed by atoms with Crippen LogP contribution in [0.2, 0.25) is 0 Å². The van der Waals surface area contributed by atoms with Gasteiger partial charge in [-0.1, -0.05) is 12.1 Å². The molecule has 0 spiro atoms. The van der Waals surface area contributed by atoms with E-state index in [-0.39, 0.29) is 5.82 Å². The molecule has 0 saturated carbocycles. The van der Waals surface area contributed by atoms with Crippen LogP contribution in [0.15, 0.2) is 24.3 Å². The topological polar surface area (TPSA) is 21.3 Å². The fourth-order valence-corrected chi connectivity index (χ4v) is 1.74. The number of hydrogen-bond donors (Lipinski definition) is 1. The lowest BCUT2D eigenvalue weighted by atomic mass is 9.96. The molecule has 0 amide bonds. The Morgan fingerprint density at radius 1 is 1.31 bits per heavy atom. The molecule has 0 aromatic heterocycles. The van der Waals surface area contributed by atoms with E-state index in [2.05, 4.69) is 5.32 Å². The fourth-order valence-electron chi connectivity index (χ4n) is 1.74. The van der Waals surface area contributed by atoms with Crippen LogP contribution in [-0.2, 0) is 4.74 Å². The zero-order chi connectivity index (χ0) is 11.8. The normalized spacial score (nSPS) is 12.7. The number of benzene rings is 1. The van der Waals surface area contributed by atoms with Crippen molar-refractivity contribution >= 4 is 0 Å². The summed E-state index contributed by atoms with van der Waals surface area (Å²) in [6.45, 7) is 4.37. The largest absolute Gasteiger partial charge is 0.382 e. The van der Waals surface area contributed by atoms with Gasteiger partial charge in [0.2, 0.25) is 0 Å². The molecular formula is C13H20FNO. The van der Waals surface area contributed by atoms with E-state index in [0.717, 1.165) is 31.7 Å². The van der Waals surface area contributed by atoms with E-state index in [1.54, 1.807) is 0 Å². The Balaban J connectivity index is 2.57. The van der Waals surface area contributed by atoms with Gasteiger partial charge >= 0.3 is 0 Å². The Bertz CT molecular complexity index is 286. The quantitative estimate of drug-likeness (QED) is 0.720. The zero-order valence-electron chi connectivity index (χ0n) is 10.0. The summed E-state index contributed by atoms with van der Waals surface area (Å²) >= 11 is 0. The molecule has 0 radical (unpaired) electrons.